The summed E-state index contributed by atoms with van der Waals surface area (Å²) in [6.07, 6.45) is 1.50. The van der Waals surface area contributed by atoms with E-state index in [0.29, 0.717) is 23.1 Å². The number of amides is 2. The molecular weight excluding hydrogens is 476 g/mol. The molecule has 182 valence electrons. The number of ether oxygens (including phenoxy) is 1. The molecule has 0 aliphatic carbocycles. The van der Waals surface area contributed by atoms with Crippen molar-refractivity contribution in [3.8, 4) is 11.4 Å². The average Bonchev–Trinajstić information content (AvgIpc) is 3.17. The van der Waals surface area contributed by atoms with Crippen LogP contribution < -0.4 is 15.5 Å². The zero-order valence-corrected chi connectivity index (χ0v) is 20.6. The van der Waals surface area contributed by atoms with Crippen LogP contribution in [-0.4, -0.2) is 22.6 Å². The Kier molecular flexibility index (Phi) is 7.82. The minimum absolute atomic E-state index is 0.438. The van der Waals surface area contributed by atoms with E-state index in [9.17, 15) is 9.59 Å². The molecule has 4 aromatic rings. The van der Waals surface area contributed by atoms with Gasteiger partial charge in [-0.15, -0.1) is 0 Å². The second-order valence-corrected chi connectivity index (χ2v) is 8.47. The van der Waals surface area contributed by atoms with Crippen molar-refractivity contribution in [2.75, 3.05) is 5.32 Å². The number of para-hydroxylation sites is 1. The number of aryl methyl sites for hydroxylation is 1. The molecule has 0 aliphatic heterocycles. The Morgan fingerprint density at radius 1 is 0.944 bits per heavy atom. The van der Waals surface area contributed by atoms with Crippen molar-refractivity contribution in [2.24, 2.45) is 5.10 Å². The molecule has 2 N–H and O–H groups in total. The third kappa shape index (κ3) is 6.00. The number of carbonyl (C=O) groups is 2. The Morgan fingerprint density at radius 3 is 2.36 bits per heavy atom. The first kappa shape index (κ1) is 24.8. The van der Waals surface area contributed by atoms with Gasteiger partial charge in [-0.3, -0.25) is 9.59 Å². The van der Waals surface area contributed by atoms with Gasteiger partial charge in [0.2, 0.25) is 0 Å². The highest BCUT2D eigenvalue weighted by molar-refractivity contribution is 6.39. The lowest BCUT2D eigenvalue weighted by molar-refractivity contribution is -0.136. The highest BCUT2D eigenvalue weighted by Crippen LogP contribution is 2.25. The number of hydrazone groups is 1. The molecule has 0 saturated heterocycles. The fourth-order valence-electron chi connectivity index (χ4n) is 3.70. The number of halogens is 1. The zero-order chi connectivity index (χ0) is 25.5. The first-order valence-electron chi connectivity index (χ1n) is 11.3. The molecule has 0 bridgehead atoms. The minimum atomic E-state index is -0.879. The van der Waals surface area contributed by atoms with Gasteiger partial charge in [-0.1, -0.05) is 54.1 Å². The molecule has 0 spiro atoms. The number of aromatic nitrogens is 1. The van der Waals surface area contributed by atoms with Crippen molar-refractivity contribution < 1.29 is 14.3 Å². The molecule has 0 saturated carbocycles. The van der Waals surface area contributed by atoms with Crippen LogP contribution in [0.3, 0.4) is 0 Å². The van der Waals surface area contributed by atoms with Crippen molar-refractivity contribution in [3.05, 3.63) is 112 Å². The maximum atomic E-state index is 12.3. The van der Waals surface area contributed by atoms with Gasteiger partial charge in [0.15, 0.2) is 0 Å². The number of nitrogens with zero attached hydrogens (tertiary/aromatic N) is 2. The molecule has 1 aromatic heterocycles. The van der Waals surface area contributed by atoms with Gasteiger partial charge < -0.3 is 14.6 Å². The Morgan fingerprint density at radius 2 is 1.64 bits per heavy atom. The topological polar surface area (TPSA) is 84.7 Å². The second-order valence-electron chi connectivity index (χ2n) is 8.07. The quantitative estimate of drug-likeness (QED) is 0.202. The van der Waals surface area contributed by atoms with Gasteiger partial charge in [-0.25, -0.2) is 5.43 Å². The molecule has 8 heteroatoms. The molecule has 1 heterocycles. The van der Waals surface area contributed by atoms with E-state index in [0.717, 1.165) is 28.2 Å². The summed E-state index contributed by atoms with van der Waals surface area (Å²) in [6.45, 7) is 4.32. The van der Waals surface area contributed by atoms with Crippen LogP contribution in [0.4, 0.5) is 5.69 Å². The summed E-state index contributed by atoms with van der Waals surface area (Å²) < 4.78 is 7.73. The number of rotatable bonds is 7. The van der Waals surface area contributed by atoms with Crippen LogP contribution in [0.5, 0.6) is 5.75 Å². The predicted octanol–water partition coefficient (Wildman–Crippen LogP) is 5.42. The summed E-state index contributed by atoms with van der Waals surface area (Å²) in [5, 5.41) is 7.12. The molecule has 2 amide bonds. The zero-order valence-electron chi connectivity index (χ0n) is 19.9. The van der Waals surface area contributed by atoms with Crippen LogP contribution in [0.25, 0.3) is 5.69 Å². The summed E-state index contributed by atoms with van der Waals surface area (Å²) in [4.78, 5) is 24.5. The number of hydrogen-bond acceptors (Lipinski definition) is 4. The largest absolute Gasteiger partial charge is 0.489 e. The molecule has 4 rings (SSSR count). The Labute approximate surface area is 214 Å². The van der Waals surface area contributed by atoms with Crippen molar-refractivity contribution in [3.63, 3.8) is 0 Å². The maximum Gasteiger partial charge on any atom is 0.329 e. The molecular formula is C28H25ClN4O3. The lowest BCUT2D eigenvalue weighted by Crippen LogP contribution is -2.32. The third-order valence-corrected chi connectivity index (χ3v) is 5.82. The Bertz CT molecular complexity index is 1400. The summed E-state index contributed by atoms with van der Waals surface area (Å²) in [5.41, 5.74) is 7.29. The molecule has 0 fully saturated rings. The molecule has 3 aromatic carbocycles. The maximum absolute atomic E-state index is 12.3. The van der Waals surface area contributed by atoms with Crippen LogP contribution in [0.1, 0.15) is 22.5 Å². The van der Waals surface area contributed by atoms with Gasteiger partial charge in [0.05, 0.1) is 16.9 Å². The van der Waals surface area contributed by atoms with Gasteiger partial charge in [0, 0.05) is 22.6 Å². The van der Waals surface area contributed by atoms with Gasteiger partial charge in [-0.2, -0.15) is 5.10 Å². The third-order valence-electron chi connectivity index (χ3n) is 5.50. The van der Waals surface area contributed by atoms with Gasteiger partial charge in [-0.05, 0) is 61.9 Å². The highest BCUT2D eigenvalue weighted by atomic mass is 35.5. The first-order valence-corrected chi connectivity index (χ1v) is 11.6. The lowest BCUT2D eigenvalue weighted by atomic mass is 10.2. The highest BCUT2D eigenvalue weighted by Gasteiger charge is 2.14. The Hall–Kier alpha value is -4.36. The minimum Gasteiger partial charge on any atom is -0.489 e. The van der Waals surface area contributed by atoms with E-state index in [1.54, 1.807) is 24.3 Å². The smallest absolute Gasteiger partial charge is 0.329 e. The predicted molar refractivity (Wildman–Crippen MR) is 142 cm³/mol. The van der Waals surface area contributed by atoms with Crippen LogP contribution in [0.2, 0.25) is 5.02 Å². The van der Waals surface area contributed by atoms with Crippen molar-refractivity contribution in [1.82, 2.24) is 9.99 Å². The second kappa shape index (κ2) is 11.4. The van der Waals surface area contributed by atoms with E-state index in [2.05, 4.69) is 15.8 Å². The summed E-state index contributed by atoms with van der Waals surface area (Å²) in [7, 11) is 0. The van der Waals surface area contributed by atoms with Gasteiger partial charge >= 0.3 is 11.8 Å². The van der Waals surface area contributed by atoms with Crippen LogP contribution in [-0.2, 0) is 16.2 Å². The monoisotopic (exact) mass is 500 g/mol. The van der Waals surface area contributed by atoms with Gasteiger partial charge in [0.1, 0.15) is 12.4 Å². The van der Waals surface area contributed by atoms with Crippen LogP contribution in [0, 0.1) is 13.8 Å². The molecule has 0 radical (unpaired) electrons. The fraction of sp³-hybridized carbons (Fsp3) is 0.107. The SMILES string of the molecule is Cc1cc(/C=N\NC(=O)C(=O)Nc2ccc(OCc3ccccc3)cc2)c(C)n1-c1ccccc1Cl. The van der Waals surface area contributed by atoms with Crippen molar-refractivity contribution in [1.29, 1.82) is 0 Å². The molecule has 0 unspecified atom stereocenters. The van der Waals surface area contributed by atoms with Gasteiger partial charge in [0.25, 0.3) is 0 Å². The lowest BCUT2D eigenvalue weighted by Gasteiger charge is -2.11. The van der Waals surface area contributed by atoms with E-state index in [4.69, 9.17) is 16.3 Å². The van der Waals surface area contributed by atoms with Crippen molar-refractivity contribution >= 4 is 35.3 Å². The molecule has 36 heavy (non-hydrogen) atoms. The number of benzene rings is 3. The van der Waals surface area contributed by atoms with Crippen LogP contribution >= 0.6 is 11.6 Å². The fourth-order valence-corrected chi connectivity index (χ4v) is 3.92. The average molecular weight is 501 g/mol. The number of carbonyl (C=O) groups excluding carboxylic acids is 2. The number of hydrogen-bond donors (Lipinski definition) is 2. The van der Waals surface area contributed by atoms with E-state index >= 15 is 0 Å². The molecule has 0 atom stereocenters. The van der Waals surface area contributed by atoms with E-state index in [1.807, 2.05) is 79.1 Å². The molecule has 7 nitrogen and oxygen atoms in total. The molecule has 0 aliphatic rings. The van der Waals surface area contributed by atoms with Crippen molar-refractivity contribution in [2.45, 2.75) is 20.5 Å². The van der Waals surface area contributed by atoms with Crippen LogP contribution in [0.15, 0.2) is 90.0 Å². The number of nitrogens with one attached hydrogen (secondary N) is 2. The standard InChI is InChI=1S/C28H25ClN4O3/c1-19-16-22(20(2)33(19)26-11-7-6-10-25(26)29)17-30-32-28(35)27(34)31-23-12-14-24(15-13-23)36-18-21-8-4-3-5-9-21/h3-17H,18H2,1-2H3,(H,31,34)(H,32,35)/b30-17-. The number of anilines is 1. The normalized spacial score (nSPS) is 10.9. The summed E-state index contributed by atoms with van der Waals surface area (Å²) >= 11 is 6.35. The summed E-state index contributed by atoms with van der Waals surface area (Å²) in [5.74, 6) is -1.05. The van der Waals surface area contributed by atoms with E-state index in [1.165, 1.54) is 6.21 Å². The summed E-state index contributed by atoms with van der Waals surface area (Å²) in [6, 6.07) is 26.1. The first-order chi connectivity index (χ1) is 17.4. The Balaban J connectivity index is 1.31. The van der Waals surface area contributed by atoms with E-state index in [-0.39, 0.29) is 0 Å². The van der Waals surface area contributed by atoms with E-state index < -0.39 is 11.8 Å².